The molecule has 0 aromatic heterocycles. The molecular weight excluding hydrogens is 479 g/mol. The number of sulfonamides is 1. The van der Waals surface area contributed by atoms with E-state index in [2.05, 4.69) is 5.32 Å². The molecule has 0 saturated carbocycles. The van der Waals surface area contributed by atoms with Crippen molar-refractivity contribution in [2.75, 3.05) is 29.5 Å². The number of amides is 1. The van der Waals surface area contributed by atoms with Crippen molar-refractivity contribution in [3.8, 4) is 5.75 Å². The summed E-state index contributed by atoms with van der Waals surface area (Å²) >= 11 is 13.7. The summed E-state index contributed by atoms with van der Waals surface area (Å²) in [4.78, 5) is 12.6. The average Bonchev–Trinajstić information content (AvgIpc) is 2.69. The van der Waals surface area contributed by atoms with Gasteiger partial charge in [0.1, 0.15) is 11.8 Å². The second-order valence-corrected chi connectivity index (χ2v) is 10.5. The Kier molecular flexibility index (Phi) is 9.81. The van der Waals surface area contributed by atoms with Gasteiger partial charge in [0.25, 0.3) is 0 Å². The predicted molar refractivity (Wildman–Crippen MR) is 130 cm³/mol. The first-order valence-corrected chi connectivity index (χ1v) is 13.4. The molecule has 1 N–H and O–H groups in total. The van der Waals surface area contributed by atoms with E-state index in [-0.39, 0.29) is 5.91 Å². The molecule has 2 rings (SSSR count). The van der Waals surface area contributed by atoms with Crippen molar-refractivity contribution in [3.63, 3.8) is 0 Å². The minimum absolute atomic E-state index is 0.371. The van der Waals surface area contributed by atoms with Crippen LogP contribution in [0.25, 0.3) is 0 Å². The Labute approximate surface area is 198 Å². The molecule has 0 aliphatic rings. The molecule has 0 fully saturated rings. The number of halogens is 2. The summed E-state index contributed by atoms with van der Waals surface area (Å²) in [5.41, 5.74) is 1.37. The number of rotatable bonds is 11. The Hall–Kier alpha value is -1.61. The zero-order chi connectivity index (χ0) is 23.0. The van der Waals surface area contributed by atoms with Gasteiger partial charge in [-0.1, -0.05) is 29.3 Å². The Bertz CT molecular complexity index is 985. The van der Waals surface area contributed by atoms with Crippen molar-refractivity contribution in [1.82, 2.24) is 5.32 Å². The lowest BCUT2D eigenvalue weighted by atomic mass is 10.2. The van der Waals surface area contributed by atoms with Crippen LogP contribution < -0.4 is 14.4 Å². The first-order chi connectivity index (χ1) is 14.6. The molecule has 0 heterocycles. The molecule has 2 aromatic carbocycles. The van der Waals surface area contributed by atoms with Crippen LogP contribution in [-0.2, 0) is 20.6 Å². The molecule has 31 heavy (non-hydrogen) atoms. The van der Waals surface area contributed by atoms with E-state index in [1.165, 1.54) is 0 Å². The number of hydrogen-bond donors (Lipinski definition) is 1. The van der Waals surface area contributed by atoms with E-state index in [4.69, 9.17) is 27.9 Å². The summed E-state index contributed by atoms with van der Waals surface area (Å²) in [6.07, 6.45) is 1.08. The highest BCUT2D eigenvalue weighted by atomic mass is 35.5. The van der Waals surface area contributed by atoms with Gasteiger partial charge in [-0.15, -0.1) is 0 Å². The van der Waals surface area contributed by atoms with Gasteiger partial charge >= 0.3 is 0 Å². The van der Waals surface area contributed by atoms with Crippen molar-refractivity contribution in [3.05, 3.63) is 58.1 Å². The summed E-state index contributed by atoms with van der Waals surface area (Å²) in [6, 6.07) is 11.1. The van der Waals surface area contributed by atoms with E-state index in [1.54, 1.807) is 55.1 Å². The number of anilines is 1. The van der Waals surface area contributed by atoms with Crippen LogP contribution >= 0.6 is 35.0 Å². The first-order valence-electron chi connectivity index (χ1n) is 9.65. The molecule has 0 aliphatic heterocycles. The number of thioether (sulfide) groups is 1. The number of hydrogen-bond acceptors (Lipinski definition) is 5. The van der Waals surface area contributed by atoms with Crippen LogP contribution in [0.5, 0.6) is 5.75 Å². The maximum Gasteiger partial charge on any atom is 0.243 e. The topological polar surface area (TPSA) is 75.7 Å². The van der Waals surface area contributed by atoms with Gasteiger partial charge < -0.3 is 10.1 Å². The Balaban J connectivity index is 1.92. The second-order valence-electron chi connectivity index (χ2n) is 6.74. The molecule has 170 valence electrons. The van der Waals surface area contributed by atoms with E-state index < -0.39 is 16.1 Å². The molecule has 0 aliphatic carbocycles. The minimum Gasteiger partial charge on any atom is -0.494 e. The highest BCUT2D eigenvalue weighted by Crippen LogP contribution is 2.25. The van der Waals surface area contributed by atoms with Crippen molar-refractivity contribution >= 4 is 56.6 Å². The first kappa shape index (κ1) is 25.6. The monoisotopic (exact) mass is 504 g/mol. The van der Waals surface area contributed by atoms with Crippen LogP contribution in [0.1, 0.15) is 19.4 Å². The van der Waals surface area contributed by atoms with Crippen LogP contribution in [0.4, 0.5) is 5.69 Å². The predicted octanol–water partition coefficient (Wildman–Crippen LogP) is 4.60. The third-order valence-electron chi connectivity index (χ3n) is 4.31. The van der Waals surface area contributed by atoms with Gasteiger partial charge in [0, 0.05) is 28.1 Å². The highest BCUT2D eigenvalue weighted by molar-refractivity contribution is 7.98. The second kappa shape index (κ2) is 11.9. The molecule has 0 radical (unpaired) electrons. The van der Waals surface area contributed by atoms with Gasteiger partial charge in [0.2, 0.25) is 15.9 Å². The summed E-state index contributed by atoms with van der Waals surface area (Å²) in [5.74, 6) is 1.60. The lowest BCUT2D eigenvalue weighted by Gasteiger charge is -2.28. The SMILES string of the molecule is CCOc1ccc(N([C@@H](C)C(=O)NCCSCc2ccc(Cl)cc2Cl)S(C)(=O)=O)cc1. The van der Waals surface area contributed by atoms with Gasteiger partial charge in [-0.05, 0) is 55.8 Å². The summed E-state index contributed by atoms with van der Waals surface area (Å²) < 4.78 is 31.2. The minimum atomic E-state index is -3.67. The van der Waals surface area contributed by atoms with Gasteiger partial charge in [-0.2, -0.15) is 11.8 Å². The highest BCUT2D eigenvalue weighted by Gasteiger charge is 2.28. The van der Waals surface area contributed by atoms with Crippen molar-refractivity contribution in [2.45, 2.75) is 25.6 Å². The third kappa shape index (κ3) is 7.79. The third-order valence-corrected chi connectivity index (χ3v) is 7.15. The number of nitrogens with one attached hydrogen (secondary N) is 1. The maximum absolute atomic E-state index is 12.6. The van der Waals surface area contributed by atoms with E-state index in [0.29, 0.717) is 46.1 Å². The van der Waals surface area contributed by atoms with Crippen LogP contribution in [0, 0.1) is 0 Å². The van der Waals surface area contributed by atoms with Crippen LogP contribution in [0.3, 0.4) is 0 Å². The molecule has 6 nitrogen and oxygen atoms in total. The molecule has 2 aromatic rings. The molecule has 0 unspecified atom stereocenters. The Morgan fingerprint density at radius 1 is 1.19 bits per heavy atom. The zero-order valence-electron chi connectivity index (χ0n) is 17.6. The summed E-state index contributed by atoms with van der Waals surface area (Å²) in [7, 11) is -3.67. The lowest BCUT2D eigenvalue weighted by molar-refractivity contribution is -0.121. The fourth-order valence-electron chi connectivity index (χ4n) is 2.88. The van der Waals surface area contributed by atoms with Crippen molar-refractivity contribution in [2.24, 2.45) is 0 Å². The molecule has 1 atom stereocenters. The number of carbonyl (C=O) groups excluding carboxylic acids is 1. The van der Waals surface area contributed by atoms with Gasteiger partial charge in [-0.25, -0.2) is 8.42 Å². The van der Waals surface area contributed by atoms with Crippen LogP contribution in [0.2, 0.25) is 10.0 Å². The molecule has 10 heteroatoms. The number of carbonyl (C=O) groups is 1. The maximum atomic E-state index is 12.6. The fraction of sp³-hybridized carbons (Fsp3) is 0.381. The Morgan fingerprint density at radius 2 is 1.87 bits per heavy atom. The van der Waals surface area contributed by atoms with E-state index in [1.807, 2.05) is 13.0 Å². The quantitative estimate of drug-likeness (QED) is 0.452. The smallest absolute Gasteiger partial charge is 0.243 e. The number of ether oxygens (including phenoxy) is 1. The molecule has 1 amide bonds. The number of benzene rings is 2. The normalized spacial score (nSPS) is 12.3. The average molecular weight is 505 g/mol. The van der Waals surface area contributed by atoms with Crippen molar-refractivity contribution in [1.29, 1.82) is 0 Å². The van der Waals surface area contributed by atoms with Crippen LogP contribution in [0.15, 0.2) is 42.5 Å². The van der Waals surface area contributed by atoms with E-state index >= 15 is 0 Å². The van der Waals surface area contributed by atoms with E-state index in [0.717, 1.165) is 16.1 Å². The standard InChI is InChI=1S/C21H26Cl2N2O4S2/c1-4-29-19-9-7-18(8-10-19)25(31(3,27)28)15(2)21(26)24-11-12-30-14-16-5-6-17(22)13-20(16)23/h5-10,13,15H,4,11-12,14H2,1-3H3,(H,24,26)/t15-/m0/s1. The molecular formula is C21H26Cl2N2O4S2. The van der Waals surface area contributed by atoms with Crippen molar-refractivity contribution < 1.29 is 17.9 Å². The zero-order valence-corrected chi connectivity index (χ0v) is 20.7. The van der Waals surface area contributed by atoms with Gasteiger partial charge in [0.15, 0.2) is 0 Å². The van der Waals surface area contributed by atoms with E-state index in [9.17, 15) is 13.2 Å². The fourth-order valence-corrected chi connectivity index (χ4v) is 5.47. The number of nitrogens with zero attached hydrogens (tertiary/aromatic N) is 1. The summed E-state index contributed by atoms with van der Waals surface area (Å²) in [5, 5.41) is 4.00. The molecule has 0 spiro atoms. The van der Waals surface area contributed by atoms with Gasteiger partial charge in [0.05, 0.1) is 18.6 Å². The van der Waals surface area contributed by atoms with Crippen LogP contribution in [-0.4, -0.2) is 45.5 Å². The molecule has 0 bridgehead atoms. The Morgan fingerprint density at radius 3 is 2.45 bits per heavy atom. The van der Waals surface area contributed by atoms with Gasteiger partial charge in [-0.3, -0.25) is 9.10 Å². The largest absolute Gasteiger partial charge is 0.494 e. The lowest BCUT2D eigenvalue weighted by Crippen LogP contribution is -2.48. The molecule has 0 saturated heterocycles. The summed E-state index contributed by atoms with van der Waals surface area (Å²) in [6.45, 7) is 4.34.